The first-order valence-corrected chi connectivity index (χ1v) is 12.6. The Bertz CT molecular complexity index is 1700. The molecular formula is C23H21N5O12S. The van der Waals surface area contributed by atoms with Crippen LogP contribution >= 0.6 is 0 Å². The third-order valence-electron chi connectivity index (χ3n) is 5.11. The van der Waals surface area contributed by atoms with Crippen molar-refractivity contribution >= 4 is 15.8 Å². The number of aromatic hydroxyl groups is 4. The quantitative estimate of drug-likeness (QED) is 0.0753. The van der Waals surface area contributed by atoms with E-state index in [4.69, 9.17) is 9.47 Å². The molecule has 0 amide bonds. The fourth-order valence-corrected chi connectivity index (χ4v) is 4.17. The maximum absolute atomic E-state index is 13.2. The van der Waals surface area contributed by atoms with Crippen LogP contribution in [0.4, 0.5) is 5.82 Å². The number of aromatic nitrogens is 4. The molecule has 216 valence electrons. The summed E-state index contributed by atoms with van der Waals surface area (Å²) in [6, 6.07) is 5.67. The molecule has 0 saturated carbocycles. The molecule has 17 nitrogen and oxygen atoms in total. The lowest BCUT2D eigenvalue weighted by atomic mass is 10.2. The molecule has 0 unspecified atom stereocenters. The molecule has 3 aromatic heterocycles. The normalized spacial score (nSPS) is 11.6. The highest BCUT2D eigenvalue weighted by Gasteiger charge is 2.35. The van der Waals surface area contributed by atoms with Gasteiger partial charge >= 0.3 is 6.16 Å². The van der Waals surface area contributed by atoms with Gasteiger partial charge in [-0.15, -0.1) is 0 Å². The smallest absolute Gasteiger partial charge is 0.453 e. The lowest BCUT2D eigenvalue weighted by Gasteiger charge is -2.22. The van der Waals surface area contributed by atoms with Gasteiger partial charge in [-0.3, -0.25) is 9.71 Å². The number of anilines is 1. The first-order valence-electron chi connectivity index (χ1n) is 11.1. The minimum Gasteiger partial charge on any atom is -0.502 e. The Morgan fingerprint density at radius 2 is 1.49 bits per heavy atom. The number of hydrogen-bond acceptors (Lipinski definition) is 16. The number of rotatable bonds is 9. The van der Waals surface area contributed by atoms with Gasteiger partial charge in [0.1, 0.15) is 0 Å². The van der Waals surface area contributed by atoms with Crippen LogP contribution in [0.5, 0.6) is 46.1 Å². The van der Waals surface area contributed by atoms with Crippen LogP contribution in [0.25, 0.3) is 11.4 Å². The van der Waals surface area contributed by atoms with E-state index >= 15 is 0 Å². The van der Waals surface area contributed by atoms with E-state index in [1.807, 2.05) is 0 Å². The van der Waals surface area contributed by atoms with Crippen LogP contribution < -0.4 is 18.9 Å². The number of hydrogen-bond donors (Lipinski definition) is 8. The third kappa shape index (κ3) is 6.04. The van der Waals surface area contributed by atoms with E-state index in [2.05, 4.69) is 29.4 Å². The molecule has 8 N–H and O–H groups in total. The van der Waals surface area contributed by atoms with E-state index in [0.717, 1.165) is 7.11 Å². The molecule has 0 saturated heterocycles. The highest BCUT2D eigenvalue weighted by molar-refractivity contribution is 7.92. The summed E-state index contributed by atoms with van der Waals surface area (Å²) in [6.07, 6.45) is 0.108. The Labute approximate surface area is 230 Å². The van der Waals surface area contributed by atoms with Gasteiger partial charge in [0.2, 0.25) is 40.2 Å². The summed E-state index contributed by atoms with van der Waals surface area (Å²) in [5, 5.41) is 68.1. The summed E-state index contributed by atoms with van der Waals surface area (Å²) in [4.78, 5) is 16.1. The average Bonchev–Trinajstić information content (AvgIpc) is 2.93. The second-order valence-corrected chi connectivity index (χ2v) is 9.71. The maximum atomic E-state index is 13.2. The molecule has 0 spiro atoms. The number of phenols is 4. The first kappa shape index (κ1) is 28.8. The summed E-state index contributed by atoms with van der Waals surface area (Å²) in [6.45, 7) is 1.69. The molecule has 0 aliphatic rings. The van der Waals surface area contributed by atoms with Gasteiger partial charge in [0, 0.05) is 24.2 Å². The number of aryl methyl sites for hydroxylation is 1. The summed E-state index contributed by atoms with van der Waals surface area (Å²) >= 11 is 0. The van der Waals surface area contributed by atoms with Gasteiger partial charge < -0.3 is 50.0 Å². The fourth-order valence-electron chi connectivity index (χ4n) is 3.24. The number of aliphatic hydroxyl groups is 3. The standard InChI is InChI=1S/C23H21N5O12S/c1-10-3-4-12(25-9-10)41(36,37)28-21-19(22(38-2)27-20(26-21)11-5-7-24-8-6-11)39-17-15(31)13(29)14(30)16(32)18(17)40-23(33,34)35/h3-9,29-35H,1-2H3,(H,26,27,28). The van der Waals surface area contributed by atoms with Crippen molar-refractivity contribution in [1.29, 1.82) is 0 Å². The molecule has 0 aliphatic heterocycles. The second-order valence-electron chi connectivity index (χ2n) is 8.08. The minimum absolute atomic E-state index is 0.108. The van der Waals surface area contributed by atoms with E-state index in [1.165, 1.54) is 42.9 Å². The zero-order chi connectivity index (χ0) is 30.1. The molecule has 4 rings (SSSR count). The van der Waals surface area contributed by atoms with Crippen molar-refractivity contribution in [1.82, 2.24) is 19.9 Å². The summed E-state index contributed by atoms with van der Waals surface area (Å²) < 4.78 is 43.7. The SMILES string of the molecule is COc1nc(-c2ccncc2)nc(NS(=O)(=O)c2ccc(C)cn2)c1Oc1c(O)c(O)c(O)c(O)c1OC(O)(O)O. The van der Waals surface area contributed by atoms with E-state index in [0.29, 0.717) is 11.1 Å². The minimum atomic E-state index is -4.49. The Kier molecular flexibility index (Phi) is 7.57. The molecule has 41 heavy (non-hydrogen) atoms. The largest absolute Gasteiger partial charge is 0.502 e. The van der Waals surface area contributed by atoms with Crippen LogP contribution in [0.3, 0.4) is 0 Å². The Balaban J connectivity index is 1.96. The number of ether oxygens (including phenoxy) is 3. The Morgan fingerprint density at radius 3 is 2.05 bits per heavy atom. The second kappa shape index (κ2) is 10.8. The molecular weight excluding hydrogens is 570 g/mol. The number of benzene rings is 1. The summed E-state index contributed by atoms with van der Waals surface area (Å²) in [5.74, 6) is -10.1. The predicted molar refractivity (Wildman–Crippen MR) is 135 cm³/mol. The molecule has 0 radical (unpaired) electrons. The lowest BCUT2D eigenvalue weighted by Crippen LogP contribution is -2.34. The van der Waals surface area contributed by atoms with Crippen molar-refractivity contribution in [3.8, 4) is 57.5 Å². The zero-order valence-corrected chi connectivity index (χ0v) is 21.7. The van der Waals surface area contributed by atoms with Gasteiger partial charge in [0.05, 0.1) is 7.11 Å². The molecule has 0 bridgehead atoms. The van der Waals surface area contributed by atoms with Crippen LogP contribution in [0.15, 0.2) is 47.9 Å². The number of nitrogens with zero attached hydrogens (tertiary/aromatic N) is 4. The van der Waals surface area contributed by atoms with Crippen molar-refractivity contribution in [3.63, 3.8) is 0 Å². The van der Waals surface area contributed by atoms with Crippen LogP contribution in [-0.4, -0.2) is 77.4 Å². The molecule has 0 aliphatic carbocycles. The number of pyridine rings is 2. The fraction of sp³-hybridized carbons (Fsp3) is 0.130. The zero-order valence-electron chi connectivity index (χ0n) is 20.9. The molecule has 3 heterocycles. The molecule has 0 fully saturated rings. The van der Waals surface area contributed by atoms with Gasteiger partial charge in [0.25, 0.3) is 15.9 Å². The van der Waals surface area contributed by atoms with Crippen LogP contribution in [0.1, 0.15) is 5.56 Å². The van der Waals surface area contributed by atoms with Crippen molar-refractivity contribution in [2.24, 2.45) is 0 Å². The van der Waals surface area contributed by atoms with E-state index in [-0.39, 0.29) is 5.82 Å². The van der Waals surface area contributed by atoms with Crippen LogP contribution in [0.2, 0.25) is 0 Å². The van der Waals surface area contributed by atoms with E-state index in [1.54, 1.807) is 6.92 Å². The van der Waals surface area contributed by atoms with Crippen molar-refractivity contribution in [3.05, 3.63) is 48.4 Å². The molecule has 1 aromatic carbocycles. The van der Waals surface area contributed by atoms with Gasteiger partial charge in [-0.25, -0.2) is 9.97 Å². The van der Waals surface area contributed by atoms with Gasteiger partial charge in [0.15, 0.2) is 16.7 Å². The molecule has 0 atom stereocenters. The van der Waals surface area contributed by atoms with E-state index < -0.39 is 73.2 Å². The highest BCUT2D eigenvalue weighted by atomic mass is 32.2. The third-order valence-corrected chi connectivity index (χ3v) is 6.36. The van der Waals surface area contributed by atoms with Crippen molar-refractivity contribution in [2.45, 2.75) is 18.1 Å². The van der Waals surface area contributed by atoms with Crippen LogP contribution in [-0.2, 0) is 10.0 Å². The number of sulfonamides is 1. The summed E-state index contributed by atoms with van der Waals surface area (Å²) in [5.41, 5.74) is 1.01. The van der Waals surface area contributed by atoms with Crippen molar-refractivity contribution in [2.75, 3.05) is 11.8 Å². The maximum Gasteiger partial charge on any atom is 0.453 e. The van der Waals surface area contributed by atoms with Gasteiger partial charge in [-0.2, -0.15) is 13.4 Å². The number of phenolic OH excluding ortho intramolecular Hbond substituents is 4. The predicted octanol–water partition coefficient (Wildman–Crippen LogP) is 0.633. The van der Waals surface area contributed by atoms with Gasteiger partial charge in [-0.05, 0) is 30.7 Å². The monoisotopic (exact) mass is 591 g/mol. The molecule has 4 aromatic rings. The Hall–Kier alpha value is -5.17. The first-order chi connectivity index (χ1) is 19.2. The summed E-state index contributed by atoms with van der Waals surface area (Å²) in [7, 11) is -3.39. The number of methoxy groups -OCH3 is 1. The Morgan fingerprint density at radius 1 is 0.854 bits per heavy atom. The molecule has 18 heteroatoms. The highest BCUT2D eigenvalue weighted by Crippen LogP contribution is 2.58. The van der Waals surface area contributed by atoms with Crippen LogP contribution in [0, 0.1) is 6.92 Å². The number of nitrogens with one attached hydrogen (secondary N) is 1. The topological polar surface area (TPSA) is 267 Å². The van der Waals surface area contributed by atoms with Crippen molar-refractivity contribution < 1.29 is 58.4 Å². The van der Waals surface area contributed by atoms with E-state index in [9.17, 15) is 44.2 Å². The average molecular weight is 592 g/mol. The lowest BCUT2D eigenvalue weighted by molar-refractivity contribution is -0.420. The van der Waals surface area contributed by atoms with Gasteiger partial charge in [-0.1, -0.05) is 6.07 Å².